The molecule has 1 aromatic carbocycles. The summed E-state index contributed by atoms with van der Waals surface area (Å²) < 4.78 is 29.4. The van der Waals surface area contributed by atoms with E-state index in [2.05, 4.69) is 21.0 Å². The number of nitrogens with zero attached hydrogens (tertiary/aromatic N) is 1. The van der Waals surface area contributed by atoms with Crippen molar-refractivity contribution in [3.05, 3.63) is 52.2 Å². The predicted molar refractivity (Wildman–Crippen MR) is 109 cm³/mol. The molecule has 2 aromatic rings. The predicted octanol–water partition coefficient (Wildman–Crippen LogP) is 4.27. The highest BCUT2D eigenvalue weighted by molar-refractivity contribution is 14.0. The lowest BCUT2D eigenvalue weighted by molar-refractivity contribution is 0.0818. The molecule has 0 aliphatic carbocycles. The maximum Gasteiger partial charge on any atom is 0.272 e. The number of hydrogen-bond acceptors (Lipinski definition) is 3. The van der Waals surface area contributed by atoms with Gasteiger partial charge in [0.25, 0.3) is 6.43 Å². The van der Waals surface area contributed by atoms with Crippen LogP contribution in [-0.2, 0) is 13.1 Å². The van der Waals surface area contributed by atoms with E-state index in [1.165, 1.54) is 5.56 Å². The second-order valence-corrected chi connectivity index (χ2v) is 5.81. The smallest absolute Gasteiger partial charge is 0.272 e. The van der Waals surface area contributed by atoms with E-state index in [9.17, 15) is 8.78 Å². The van der Waals surface area contributed by atoms with Crippen molar-refractivity contribution in [3.8, 4) is 5.75 Å². The standard InChI is InChI=1S/C17H21F2N3OS.HI/c1-2-20-17(22-10-14-6-7-24-12-14)21-9-13-4-3-5-15(8-13)23-11-16(18)19;/h3-8,12,16H,2,9-11H2,1H3,(H2,20,21,22);1H. The van der Waals surface area contributed by atoms with Gasteiger partial charge in [0.2, 0.25) is 0 Å². The summed E-state index contributed by atoms with van der Waals surface area (Å²) in [6, 6.07) is 9.15. The van der Waals surface area contributed by atoms with Crippen LogP contribution in [0.4, 0.5) is 8.78 Å². The molecule has 2 N–H and O–H groups in total. The van der Waals surface area contributed by atoms with Gasteiger partial charge in [-0.15, -0.1) is 24.0 Å². The molecular weight excluding hydrogens is 459 g/mol. The highest BCUT2D eigenvalue weighted by Gasteiger charge is 2.04. The van der Waals surface area contributed by atoms with E-state index >= 15 is 0 Å². The third-order valence-corrected chi connectivity index (χ3v) is 3.81. The molecule has 0 amide bonds. The van der Waals surface area contributed by atoms with Gasteiger partial charge in [-0.05, 0) is 47.0 Å². The fraction of sp³-hybridized carbons (Fsp3) is 0.353. The van der Waals surface area contributed by atoms with Crippen molar-refractivity contribution in [2.24, 2.45) is 4.99 Å². The molecule has 0 aliphatic heterocycles. The molecule has 0 unspecified atom stereocenters. The number of aliphatic imine (C=N–C) groups is 1. The summed E-state index contributed by atoms with van der Waals surface area (Å²) in [5.74, 6) is 1.15. The van der Waals surface area contributed by atoms with Crippen LogP contribution in [0.25, 0.3) is 0 Å². The third kappa shape index (κ3) is 8.48. The zero-order chi connectivity index (χ0) is 17.2. The first-order valence-corrected chi connectivity index (χ1v) is 8.64. The minimum Gasteiger partial charge on any atom is -0.488 e. The summed E-state index contributed by atoms with van der Waals surface area (Å²) in [6.45, 7) is 3.30. The quantitative estimate of drug-likeness (QED) is 0.337. The van der Waals surface area contributed by atoms with Crippen molar-refractivity contribution >= 4 is 41.3 Å². The molecule has 0 atom stereocenters. The van der Waals surface area contributed by atoms with Gasteiger partial charge in [0, 0.05) is 13.1 Å². The highest BCUT2D eigenvalue weighted by atomic mass is 127. The Balaban J connectivity index is 0.00000312. The number of hydrogen-bond donors (Lipinski definition) is 2. The van der Waals surface area contributed by atoms with Crippen molar-refractivity contribution in [1.82, 2.24) is 10.6 Å². The Morgan fingerprint density at radius 3 is 2.76 bits per heavy atom. The number of nitrogens with one attached hydrogen (secondary N) is 2. The van der Waals surface area contributed by atoms with Crippen LogP contribution in [0.15, 0.2) is 46.1 Å². The molecule has 0 spiro atoms. The first kappa shape index (κ1) is 21.6. The van der Waals surface area contributed by atoms with E-state index in [0.717, 1.165) is 12.1 Å². The summed E-state index contributed by atoms with van der Waals surface area (Å²) in [5.41, 5.74) is 2.10. The van der Waals surface area contributed by atoms with E-state index in [0.29, 0.717) is 24.8 Å². The Kier molecular flexibility index (Phi) is 10.4. The van der Waals surface area contributed by atoms with Crippen LogP contribution in [0.3, 0.4) is 0 Å². The van der Waals surface area contributed by atoms with Gasteiger partial charge < -0.3 is 15.4 Å². The summed E-state index contributed by atoms with van der Waals surface area (Å²) in [5, 5.41) is 10.5. The maximum absolute atomic E-state index is 12.2. The van der Waals surface area contributed by atoms with Crippen molar-refractivity contribution in [1.29, 1.82) is 0 Å². The average Bonchev–Trinajstić information content (AvgIpc) is 3.09. The Bertz CT molecular complexity index is 639. The Morgan fingerprint density at radius 2 is 2.08 bits per heavy atom. The second kappa shape index (κ2) is 12.0. The Hall–Kier alpha value is -1.42. The first-order chi connectivity index (χ1) is 11.7. The van der Waals surface area contributed by atoms with Crippen LogP contribution in [0.5, 0.6) is 5.75 Å². The van der Waals surface area contributed by atoms with Crippen LogP contribution >= 0.6 is 35.3 Å². The van der Waals surface area contributed by atoms with Gasteiger partial charge in [0.05, 0.1) is 6.54 Å². The summed E-state index contributed by atoms with van der Waals surface area (Å²) in [6.07, 6.45) is -2.48. The van der Waals surface area contributed by atoms with E-state index in [1.54, 1.807) is 29.5 Å². The number of ether oxygens (including phenoxy) is 1. The molecule has 4 nitrogen and oxygen atoms in total. The monoisotopic (exact) mass is 481 g/mol. The van der Waals surface area contributed by atoms with E-state index in [1.807, 2.05) is 24.4 Å². The van der Waals surface area contributed by atoms with E-state index in [-0.39, 0.29) is 24.0 Å². The Labute approximate surface area is 167 Å². The largest absolute Gasteiger partial charge is 0.488 e. The van der Waals surface area contributed by atoms with Gasteiger partial charge >= 0.3 is 0 Å². The lowest BCUT2D eigenvalue weighted by atomic mass is 10.2. The van der Waals surface area contributed by atoms with Gasteiger partial charge in [-0.3, -0.25) is 0 Å². The van der Waals surface area contributed by atoms with Gasteiger partial charge in [0.15, 0.2) is 5.96 Å². The molecule has 0 saturated heterocycles. The van der Waals surface area contributed by atoms with Crippen molar-refractivity contribution in [3.63, 3.8) is 0 Å². The molecule has 138 valence electrons. The molecule has 1 aromatic heterocycles. The fourth-order valence-corrected chi connectivity index (χ4v) is 2.64. The van der Waals surface area contributed by atoms with Gasteiger partial charge in [-0.2, -0.15) is 11.3 Å². The van der Waals surface area contributed by atoms with Crippen molar-refractivity contribution < 1.29 is 13.5 Å². The van der Waals surface area contributed by atoms with Crippen LogP contribution in [0.1, 0.15) is 18.1 Å². The van der Waals surface area contributed by atoms with Crippen LogP contribution in [-0.4, -0.2) is 25.5 Å². The molecule has 8 heteroatoms. The van der Waals surface area contributed by atoms with Crippen molar-refractivity contribution in [2.45, 2.75) is 26.4 Å². The van der Waals surface area contributed by atoms with Crippen LogP contribution < -0.4 is 15.4 Å². The Morgan fingerprint density at radius 1 is 1.24 bits per heavy atom. The topological polar surface area (TPSA) is 45.7 Å². The first-order valence-electron chi connectivity index (χ1n) is 7.70. The van der Waals surface area contributed by atoms with Crippen molar-refractivity contribution in [2.75, 3.05) is 13.2 Å². The zero-order valence-corrected chi connectivity index (χ0v) is 17.0. The fourth-order valence-electron chi connectivity index (χ4n) is 1.98. The maximum atomic E-state index is 12.2. The number of alkyl halides is 2. The van der Waals surface area contributed by atoms with Gasteiger partial charge in [-0.25, -0.2) is 13.8 Å². The minimum atomic E-state index is -2.48. The summed E-state index contributed by atoms with van der Waals surface area (Å²) in [4.78, 5) is 4.52. The molecule has 0 radical (unpaired) electrons. The highest BCUT2D eigenvalue weighted by Crippen LogP contribution is 2.14. The molecule has 0 aliphatic rings. The zero-order valence-electron chi connectivity index (χ0n) is 13.9. The number of halogens is 3. The van der Waals surface area contributed by atoms with Crippen LogP contribution in [0.2, 0.25) is 0 Å². The summed E-state index contributed by atoms with van der Waals surface area (Å²) in [7, 11) is 0. The van der Waals surface area contributed by atoms with E-state index < -0.39 is 13.0 Å². The molecule has 1 heterocycles. The molecule has 25 heavy (non-hydrogen) atoms. The molecule has 0 fully saturated rings. The van der Waals surface area contributed by atoms with Gasteiger partial charge in [-0.1, -0.05) is 12.1 Å². The number of rotatable bonds is 8. The number of thiophene rings is 1. The number of benzene rings is 1. The number of guanidine groups is 1. The second-order valence-electron chi connectivity index (χ2n) is 5.03. The molecule has 0 saturated carbocycles. The lowest BCUT2D eigenvalue weighted by Crippen LogP contribution is -2.36. The van der Waals surface area contributed by atoms with Crippen LogP contribution in [0, 0.1) is 0 Å². The average molecular weight is 481 g/mol. The SMILES string of the molecule is CCNC(=NCc1ccsc1)NCc1cccc(OCC(F)F)c1.I. The minimum absolute atomic E-state index is 0. The van der Waals surface area contributed by atoms with Gasteiger partial charge in [0.1, 0.15) is 12.4 Å². The summed E-state index contributed by atoms with van der Waals surface area (Å²) >= 11 is 1.65. The van der Waals surface area contributed by atoms with E-state index in [4.69, 9.17) is 4.74 Å². The molecule has 2 rings (SSSR count). The lowest BCUT2D eigenvalue weighted by Gasteiger charge is -2.12. The molecular formula is C17H22F2IN3OS. The molecule has 0 bridgehead atoms. The third-order valence-electron chi connectivity index (χ3n) is 3.08. The normalized spacial score (nSPS) is 11.1.